The first-order chi connectivity index (χ1) is 20.8. The summed E-state index contributed by atoms with van der Waals surface area (Å²) in [5, 5.41) is 10.5. The number of amides is 1. The highest BCUT2D eigenvalue weighted by Gasteiger charge is 2.27. The van der Waals surface area contributed by atoms with Crippen molar-refractivity contribution >= 4 is 28.9 Å². The maximum atomic E-state index is 13.6. The first-order valence-electron chi connectivity index (χ1n) is 15.3. The van der Waals surface area contributed by atoms with E-state index in [0.717, 1.165) is 52.1 Å². The molecule has 0 atom stereocenters. The fourth-order valence-electron chi connectivity index (χ4n) is 6.85. The molecular weight excluding hydrogens is 540 g/mol. The van der Waals surface area contributed by atoms with Crippen molar-refractivity contribution in [1.29, 1.82) is 0 Å². The van der Waals surface area contributed by atoms with Gasteiger partial charge in [0.15, 0.2) is 0 Å². The number of ether oxygens (including phenoxy) is 1. The Labute approximate surface area is 252 Å². The third-order valence-corrected chi connectivity index (χ3v) is 9.13. The number of benzene rings is 1. The van der Waals surface area contributed by atoms with Crippen molar-refractivity contribution in [3.05, 3.63) is 71.1 Å². The molecule has 1 saturated carbocycles. The minimum Gasteiger partial charge on any atom is -0.478 e. The number of hydrogen-bond donors (Lipinski definition) is 1. The van der Waals surface area contributed by atoms with Gasteiger partial charge in [-0.1, -0.05) is 31.4 Å². The summed E-state index contributed by atoms with van der Waals surface area (Å²) < 4.78 is 9.68. The Morgan fingerprint density at radius 1 is 1.00 bits per heavy atom. The summed E-state index contributed by atoms with van der Waals surface area (Å²) in [6.07, 6.45) is 8.55. The largest absolute Gasteiger partial charge is 0.478 e. The Hall–Kier alpha value is -4.17. The number of aryl methyl sites for hydroxylation is 2. The predicted molar refractivity (Wildman–Crippen MR) is 169 cm³/mol. The van der Waals surface area contributed by atoms with Crippen molar-refractivity contribution in [3.63, 3.8) is 0 Å². The van der Waals surface area contributed by atoms with E-state index in [1.165, 1.54) is 42.2 Å². The first kappa shape index (κ1) is 28.9. The number of carbonyl (C=O) groups is 2. The molecule has 8 heteroatoms. The molecule has 0 bridgehead atoms. The van der Waals surface area contributed by atoms with E-state index in [9.17, 15) is 14.7 Å². The van der Waals surface area contributed by atoms with Crippen LogP contribution in [0.15, 0.2) is 48.5 Å². The molecule has 224 valence electrons. The lowest BCUT2D eigenvalue weighted by atomic mass is 9.83. The van der Waals surface area contributed by atoms with Gasteiger partial charge in [0.05, 0.1) is 35.8 Å². The second kappa shape index (κ2) is 12.2. The van der Waals surface area contributed by atoms with Gasteiger partial charge in [-0.25, -0.2) is 9.78 Å². The van der Waals surface area contributed by atoms with E-state index in [1.54, 1.807) is 6.08 Å². The monoisotopic (exact) mass is 580 g/mol. The summed E-state index contributed by atoms with van der Waals surface area (Å²) in [6, 6.07) is 14.8. The average molecular weight is 581 g/mol. The molecule has 1 N–H and O–H groups in total. The van der Waals surface area contributed by atoms with Crippen LogP contribution in [0.25, 0.3) is 39.6 Å². The van der Waals surface area contributed by atoms with Crippen LogP contribution in [-0.4, -0.2) is 62.3 Å². The van der Waals surface area contributed by atoms with Gasteiger partial charge in [-0.2, -0.15) is 0 Å². The smallest absolute Gasteiger partial charge is 0.328 e. The van der Waals surface area contributed by atoms with E-state index in [4.69, 9.17) is 9.72 Å². The third kappa shape index (κ3) is 5.89. The Morgan fingerprint density at radius 3 is 2.47 bits per heavy atom. The van der Waals surface area contributed by atoms with E-state index in [0.29, 0.717) is 32.2 Å². The number of aliphatic carboxylic acids is 1. The third-order valence-electron chi connectivity index (χ3n) is 9.13. The van der Waals surface area contributed by atoms with Crippen LogP contribution in [0.4, 0.5) is 0 Å². The maximum absolute atomic E-state index is 13.6. The second-order valence-corrected chi connectivity index (χ2v) is 11.9. The molecule has 4 heterocycles. The van der Waals surface area contributed by atoms with Crippen molar-refractivity contribution in [3.8, 4) is 22.6 Å². The van der Waals surface area contributed by atoms with Crippen LogP contribution in [0, 0.1) is 13.8 Å². The van der Waals surface area contributed by atoms with E-state index in [1.807, 2.05) is 9.47 Å². The lowest BCUT2D eigenvalue weighted by molar-refractivity contribution is -0.136. The highest BCUT2D eigenvalue weighted by Crippen LogP contribution is 2.41. The molecule has 4 aromatic rings. The maximum Gasteiger partial charge on any atom is 0.328 e. The number of morpholine rings is 1. The van der Waals surface area contributed by atoms with Crippen molar-refractivity contribution < 1.29 is 19.4 Å². The number of hydrogen-bond acceptors (Lipinski definition) is 4. The topological polar surface area (TPSA) is 89.6 Å². The normalized spacial score (nSPS) is 16.4. The highest BCUT2D eigenvalue weighted by molar-refractivity contribution is 5.89. The molecule has 0 spiro atoms. The zero-order chi connectivity index (χ0) is 30.1. The summed E-state index contributed by atoms with van der Waals surface area (Å²) in [4.78, 5) is 32.0. The first-order valence-corrected chi connectivity index (χ1v) is 15.3. The number of carbonyl (C=O) groups excluding carboxylic acids is 1. The van der Waals surface area contributed by atoms with E-state index in [2.05, 4.69) is 67.9 Å². The molecule has 6 rings (SSSR count). The minimum absolute atomic E-state index is 0.0145. The van der Waals surface area contributed by atoms with Crippen molar-refractivity contribution in [2.45, 2.75) is 58.4 Å². The van der Waals surface area contributed by atoms with E-state index < -0.39 is 5.97 Å². The number of nitrogens with zero attached hydrogens (tertiary/aromatic N) is 4. The highest BCUT2D eigenvalue weighted by atomic mass is 16.5. The molecule has 43 heavy (non-hydrogen) atoms. The van der Waals surface area contributed by atoms with Gasteiger partial charge in [-0.05, 0) is 85.7 Å². The quantitative estimate of drug-likeness (QED) is 0.258. The predicted octanol–water partition coefficient (Wildman–Crippen LogP) is 6.33. The van der Waals surface area contributed by atoms with Gasteiger partial charge < -0.3 is 23.9 Å². The summed E-state index contributed by atoms with van der Waals surface area (Å²) in [5.74, 6) is -0.634. The fourth-order valence-corrected chi connectivity index (χ4v) is 6.85. The van der Waals surface area contributed by atoms with Gasteiger partial charge in [0.1, 0.15) is 6.54 Å². The number of aromatic nitrogens is 3. The molecule has 1 aliphatic heterocycles. The second-order valence-electron chi connectivity index (χ2n) is 11.9. The van der Waals surface area contributed by atoms with Gasteiger partial charge in [0.2, 0.25) is 5.91 Å². The van der Waals surface area contributed by atoms with Crippen LogP contribution >= 0.6 is 0 Å². The molecule has 1 saturated heterocycles. The number of carboxylic acids is 1. The molecule has 0 unspecified atom stereocenters. The van der Waals surface area contributed by atoms with Gasteiger partial charge in [0, 0.05) is 43.0 Å². The van der Waals surface area contributed by atoms with Crippen LogP contribution in [0.5, 0.6) is 0 Å². The van der Waals surface area contributed by atoms with Gasteiger partial charge in [-0.3, -0.25) is 4.79 Å². The van der Waals surface area contributed by atoms with Gasteiger partial charge in [0.25, 0.3) is 0 Å². The molecular formula is C35H40N4O4. The lowest BCUT2D eigenvalue weighted by Crippen LogP contribution is -2.42. The van der Waals surface area contributed by atoms with Crippen LogP contribution in [0.1, 0.15) is 60.5 Å². The lowest BCUT2D eigenvalue weighted by Gasteiger charge is -2.28. The fraction of sp³-hybridized carbons (Fsp3) is 0.400. The van der Waals surface area contributed by atoms with Crippen LogP contribution in [0.2, 0.25) is 0 Å². The Morgan fingerprint density at radius 2 is 1.77 bits per heavy atom. The molecule has 1 aromatic carbocycles. The molecule has 8 nitrogen and oxygen atoms in total. The number of carboxylic acid groups (broad SMARTS) is 1. The Kier molecular flexibility index (Phi) is 8.21. The van der Waals surface area contributed by atoms with Crippen molar-refractivity contribution in [2.75, 3.05) is 26.3 Å². The molecule has 2 fully saturated rings. The van der Waals surface area contributed by atoms with E-state index in [-0.39, 0.29) is 12.5 Å². The van der Waals surface area contributed by atoms with E-state index >= 15 is 0 Å². The van der Waals surface area contributed by atoms with Gasteiger partial charge >= 0.3 is 5.97 Å². The van der Waals surface area contributed by atoms with Crippen LogP contribution < -0.4 is 0 Å². The Bertz CT molecular complexity index is 1700. The minimum atomic E-state index is -1.01. The SMILES string of the molecule is Cc1cc(C)n(C)c1-c1ccc2cc(-c3c(C4CCCCC4)cc(C=CC(=O)O)n3CC(=O)N3CCOCC3)ccc2n1. The van der Waals surface area contributed by atoms with Crippen molar-refractivity contribution in [1.82, 2.24) is 19.0 Å². The molecule has 1 aliphatic carbocycles. The van der Waals surface area contributed by atoms with Crippen LogP contribution in [-0.2, 0) is 27.9 Å². The number of fused-ring (bicyclic) bond motifs is 1. The summed E-state index contributed by atoms with van der Waals surface area (Å²) in [6.45, 7) is 6.56. The van der Waals surface area contributed by atoms with Crippen LogP contribution in [0.3, 0.4) is 0 Å². The zero-order valence-corrected chi connectivity index (χ0v) is 25.3. The number of pyridine rings is 1. The van der Waals surface area contributed by atoms with Gasteiger partial charge in [-0.15, -0.1) is 0 Å². The van der Waals surface area contributed by atoms with Crippen molar-refractivity contribution in [2.24, 2.45) is 7.05 Å². The molecule has 0 radical (unpaired) electrons. The summed E-state index contributed by atoms with van der Waals surface area (Å²) in [5.41, 5.74) is 9.31. The zero-order valence-electron chi connectivity index (χ0n) is 25.3. The molecule has 1 amide bonds. The summed E-state index contributed by atoms with van der Waals surface area (Å²) >= 11 is 0. The average Bonchev–Trinajstić information content (AvgIpc) is 3.50. The Balaban J connectivity index is 1.47. The molecule has 3 aromatic heterocycles. The standard InChI is InChI=1S/C35H40N4O4/c1-23-19-24(2)37(3)34(23)31-13-9-26-20-27(10-12-30(26)36-31)35-29(25-7-5-4-6-8-25)21-28(11-14-33(41)42)39(35)22-32(40)38-15-17-43-18-16-38/h9-14,19-21,25H,4-8,15-18,22H2,1-3H3,(H,41,42). The number of rotatable bonds is 7. The summed E-state index contributed by atoms with van der Waals surface area (Å²) in [7, 11) is 2.07. The molecule has 2 aliphatic rings.